The van der Waals surface area contributed by atoms with Crippen LogP contribution in [0.2, 0.25) is 0 Å². The van der Waals surface area contributed by atoms with E-state index in [0.29, 0.717) is 5.25 Å². The van der Waals surface area contributed by atoms with E-state index in [9.17, 15) is 0 Å². The molecule has 1 aliphatic rings. The van der Waals surface area contributed by atoms with Gasteiger partial charge in [-0.3, -0.25) is 0 Å². The van der Waals surface area contributed by atoms with E-state index in [-0.39, 0.29) is 0 Å². The molecule has 1 N–H and O–H groups in total. The fourth-order valence-electron chi connectivity index (χ4n) is 3.46. The van der Waals surface area contributed by atoms with Crippen molar-refractivity contribution in [2.75, 3.05) is 18.6 Å². The summed E-state index contributed by atoms with van der Waals surface area (Å²) in [5.74, 6) is 1.97. The molecule has 3 aromatic rings. The Balaban J connectivity index is 1.69. The average Bonchev–Trinajstić information content (AvgIpc) is 3.10. The van der Waals surface area contributed by atoms with Gasteiger partial charge < -0.3 is 14.6 Å². The predicted octanol–water partition coefficient (Wildman–Crippen LogP) is 4.97. The van der Waals surface area contributed by atoms with Gasteiger partial charge in [0, 0.05) is 34.6 Å². The molecule has 0 spiro atoms. The smallest absolute Gasteiger partial charge is 0.125 e. The Morgan fingerprint density at radius 1 is 1.27 bits per heavy atom. The molecular weight excluding hydrogens is 342 g/mol. The second kappa shape index (κ2) is 7.46. The van der Waals surface area contributed by atoms with Gasteiger partial charge >= 0.3 is 0 Å². The number of aromatic nitrogens is 2. The van der Waals surface area contributed by atoms with E-state index in [0.717, 1.165) is 31.1 Å². The van der Waals surface area contributed by atoms with Crippen LogP contribution < -0.4 is 9.64 Å². The van der Waals surface area contributed by atoms with Gasteiger partial charge in [0.2, 0.25) is 0 Å². The molecule has 0 saturated carbocycles. The van der Waals surface area contributed by atoms with E-state index in [2.05, 4.69) is 58.2 Å². The summed E-state index contributed by atoms with van der Waals surface area (Å²) in [7, 11) is 1.75. The van der Waals surface area contributed by atoms with Gasteiger partial charge in [-0.1, -0.05) is 24.3 Å². The van der Waals surface area contributed by atoms with Crippen molar-refractivity contribution >= 4 is 17.4 Å². The molecule has 0 saturated heterocycles. The molecule has 0 radical (unpaired) electrons. The molecule has 1 atom stereocenters. The highest BCUT2D eigenvalue weighted by Crippen LogP contribution is 2.47. The number of hydrogen-bond donors (Lipinski definition) is 1. The van der Waals surface area contributed by atoms with Crippen molar-refractivity contribution in [2.45, 2.75) is 30.0 Å². The van der Waals surface area contributed by atoms with Gasteiger partial charge in [-0.25, -0.2) is 4.98 Å². The summed E-state index contributed by atoms with van der Waals surface area (Å²) in [5, 5.41) is 0.369. The number of H-pyrrole nitrogens is 1. The van der Waals surface area contributed by atoms with Gasteiger partial charge in [0.15, 0.2) is 0 Å². The van der Waals surface area contributed by atoms with Crippen LogP contribution >= 0.6 is 11.8 Å². The highest BCUT2D eigenvalue weighted by Gasteiger charge is 2.25. The molecule has 134 valence electrons. The Bertz CT molecular complexity index is 879. The molecule has 0 fully saturated rings. The largest absolute Gasteiger partial charge is 0.496 e. The molecule has 0 aliphatic carbocycles. The Morgan fingerprint density at radius 2 is 2.15 bits per heavy atom. The Morgan fingerprint density at radius 3 is 2.96 bits per heavy atom. The number of thioether (sulfide) groups is 1. The lowest BCUT2D eigenvalue weighted by atomic mass is 10.1. The second-order valence-electron chi connectivity index (χ2n) is 6.57. The van der Waals surface area contributed by atoms with E-state index in [1.165, 1.54) is 21.7 Å². The first-order chi connectivity index (χ1) is 12.7. The number of nitrogens with zero attached hydrogens (tertiary/aromatic N) is 2. The van der Waals surface area contributed by atoms with Gasteiger partial charge in [-0.2, -0.15) is 0 Å². The number of anilines is 1. The van der Waals surface area contributed by atoms with E-state index in [1.54, 1.807) is 7.11 Å². The molecule has 26 heavy (non-hydrogen) atoms. The van der Waals surface area contributed by atoms with Gasteiger partial charge in [0.25, 0.3) is 0 Å². The number of para-hydroxylation sites is 1. The minimum absolute atomic E-state index is 0.369. The zero-order chi connectivity index (χ0) is 17.9. The maximum Gasteiger partial charge on any atom is 0.125 e. The third-order valence-electron chi connectivity index (χ3n) is 4.77. The molecular formula is C21H23N3OS. The summed E-state index contributed by atoms with van der Waals surface area (Å²) in [5.41, 5.74) is 3.84. The van der Waals surface area contributed by atoms with Gasteiger partial charge in [-0.15, -0.1) is 11.8 Å². The number of benzene rings is 2. The maximum absolute atomic E-state index is 5.62. The molecule has 0 unspecified atom stereocenters. The van der Waals surface area contributed by atoms with Crippen LogP contribution in [0.4, 0.5) is 5.69 Å². The van der Waals surface area contributed by atoms with Gasteiger partial charge in [-0.05, 0) is 37.1 Å². The number of rotatable bonds is 4. The molecule has 1 aromatic heterocycles. The monoisotopic (exact) mass is 365 g/mol. The summed E-state index contributed by atoms with van der Waals surface area (Å²) in [6.45, 7) is 3.93. The lowest BCUT2D eigenvalue weighted by molar-refractivity contribution is 0.409. The van der Waals surface area contributed by atoms with Crippen LogP contribution in [0.5, 0.6) is 5.75 Å². The molecule has 4 nitrogen and oxygen atoms in total. The molecule has 2 aromatic carbocycles. The third kappa shape index (κ3) is 3.44. The number of aryl methyl sites for hydroxylation is 1. The Hall–Kier alpha value is -2.40. The number of fused-ring (bicyclic) bond motifs is 1. The second-order valence-corrected chi connectivity index (χ2v) is 7.81. The average molecular weight is 366 g/mol. The van der Waals surface area contributed by atoms with Crippen LogP contribution in [0, 0.1) is 6.92 Å². The van der Waals surface area contributed by atoms with Crippen molar-refractivity contribution in [1.29, 1.82) is 0 Å². The first-order valence-corrected chi connectivity index (χ1v) is 9.76. The Labute approximate surface area is 158 Å². The number of ether oxygens (including phenoxy) is 1. The topological polar surface area (TPSA) is 41.1 Å². The summed E-state index contributed by atoms with van der Waals surface area (Å²) >= 11 is 1.94. The maximum atomic E-state index is 5.62. The molecule has 0 amide bonds. The van der Waals surface area contributed by atoms with Crippen LogP contribution in [0.3, 0.4) is 0 Å². The number of imidazole rings is 1. The lowest BCUT2D eigenvalue weighted by Gasteiger charge is -2.23. The fraction of sp³-hybridized carbons (Fsp3) is 0.286. The number of nitrogens with one attached hydrogen (secondary N) is 1. The number of methoxy groups -OCH3 is 1. The molecule has 5 heteroatoms. The standard InChI is InChI=1S/C21H23N3OS/c1-15-7-8-17-20(13-15)26-19(16-5-3-4-6-18(16)25-2)9-12-24(17)14-21-22-10-11-23-21/h3-8,10-11,13,19H,9,12,14H2,1-2H3,(H,22,23)/t19-/m1/s1. The molecule has 1 aliphatic heterocycles. The van der Waals surface area contributed by atoms with Crippen LogP contribution in [0.1, 0.15) is 28.6 Å². The minimum Gasteiger partial charge on any atom is -0.496 e. The molecule has 0 bridgehead atoms. The van der Waals surface area contributed by atoms with Crippen LogP contribution in [-0.2, 0) is 6.54 Å². The number of aromatic amines is 1. The third-order valence-corrected chi connectivity index (χ3v) is 6.12. The van der Waals surface area contributed by atoms with Crippen LogP contribution in [0.25, 0.3) is 0 Å². The van der Waals surface area contributed by atoms with Crippen molar-refractivity contribution in [2.24, 2.45) is 0 Å². The van der Waals surface area contributed by atoms with Gasteiger partial charge in [0.1, 0.15) is 11.6 Å². The van der Waals surface area contributed by atoms with Crippen molar-refractivity contribution in [1.82, 2.24) is 9.97 Å². The normalized spacial score (nSPS) is 16.8. The zero-order valence-electron chi connectivity index (χ0n) is 15.1. The first-order valence-electron chi connectivity index (χ1n) is 8.88. The predicted molar refractivity (Wildman–Crippen MR) is 107 cm³/mol. The highest BCUT2D eigenvalue weighted by atomic mass is 32.2. The van der Waals surface area contributed by atoms with Crippen molar-refractivity contribution in [3.05, 3.63) is 71.8 Å². The summed E-state index contributed by atoms with van der Waals surface area (Å²) in [4.78, 5) is 11.4. The van der Waals surface area contributed by atoms with Crippen molar-refractivity contribution < 1.29 is 4.74 Å². The van der Waals surface area contributed by atoms with Crippen molar-refractivity contribution in [3.8, 4) is 5.75 Å². The molecule has 4 rings (SSSR count). The summed E-state index contributed by atoms with van der Waals surface area (Å²) < 4.78 is 5.62. The van der Waals surface area contributed by atoms with E-state index in [1.807, 2.05) is 30.2 Å². The molecule has 2 heterocycles. The summed E-state index contributed by atoms with van der Waals surface area (Å²) in [6, 6.07) is 15.1. The quantitative estimate of drug-likeness (QED) is 0.709. The lowest BCUT2D eigenvalue weighted by Crippen LogP contribution is -2.24. The Kier molecular flexibility index (Phi) is 4.89. The van der Waals surface area contributed by atoms with E-state index >= 15 is 0 Å². The number of hydrogen-bond acceptors (Lipinski definition) is 4. The van der Waals surface area contributed by atoms with Crippen molar-refractivity contribution in [3.63, 3.8) is 0 Å². The minimum atomic E-state index is 0.369. The van der Waals surface area contributed by atoms with Crippen LogP contribution in [-0.4, -0.2) is 23.6 Å². The van der Waals surface area contributed by atoms with Gasteiger partial charge in [0.05, 0.1) is 19.3 Å². The van der Waals surface area contributed by atoms with Crippen LogP contribution in [0.15, 0.2) is 59.8 Å². The van der Waals surface area contributed by atoms with E-state index < -0.39 is 0 Å². The first kappa shape index (κ1) is 17.0. The SMILES string of the molecule is COc1ccccc1[C@H]1CCN(Cc2ncc[nH]2)c2ccc(C)cc2S1. The zero-order valence-corrected chi connectivity index (χ0v) is 15.9. The highest BCUT2D eigenvalue weighted by molar-refractivity contribution is 7.99. The fourth-order valence-corrected chi connectivity index (χ4v) is 4.89. The summed E-state index contributed by atoms with van der Waals surface area (Å²) in [6.07, 6.45) is 4.75. The van der Waals surface area contributed by atoms with E-state index in [4.69, 9.17) is 4.74 Å².